The average Bonchev–Trinajstić information content (AvgIpc) is 3.56. The molecule has 3 aromatic heterocycles. The summed E-state index contributed by atoms with van der Waals surface area (Å²) in [5.41, 5.74) is 11.5. The summed E-state index contributed by atoms with van der Waals surface area (Å²) < 4.78 is 11.1. The first-order chi connectivity index (χ1) is 23.3. The van der Waals surface area contributed by atoms with Gasteiger partial charge in [-0.25, -0.2) is 9.67 Å². The second-order valence-electron chi connectivity index (χ2n) is 13.5. The molecular formula is C43H44N4O. The van der Waals surface area contributed by atoms with Crippen LogP contribution in [0.4, 0.5) is 0 Å². The topological polar surface area (TPSA) is 44.9 Å². The van der Waals surface area contributed by atoms with Crippen LogP contribution in [-0.4, -0.2) is 19.3 Å². The quantitative estimate of drug-likeness (QED) is 0.151. The van der Waals surface area contributed by atoms with Gasteiger partial charge in [0, 0.05) is 40.4 Å². The predicted molar refractivity (Wildman–Crippen MR) is 199 cm³/mol. The minimum absolute atomic E-state index is 0.605. The van der Waals surface area contributed by atoms with Crippen LogP contribution in [0.2, 0.25) is 0 Å². The van der Waals surface area contributed by atoms with Crippen LogP contribution >= 0.6 is 0 Å². The molecule has 0 bridgehead atoms. The van der Waals surface area contributed by atoms with Crippen molar-refractivity contribution < 1.29 is 4.74 Å². The fraction of sp³-hybridized carbons (Fsp3) is 0.256. The summed E-state index contributed by atoms with van der Waals surface area (Å²) in [6.07, 6.45) is 6.14. The molecule has 7 aromatic rings. The summed E-state index contributed by atoms with van der Waals surface area (Å²) >= 11 is 0. The summed E-state index contributed by atoms with van der Waals surface area (Å²) in [5, 5.41) is 7.46. The zero-order chi connectivity index (χ0) is 33.4. The number of aromatic nitrogens is 4. The van der Waals surface area contributed by atoms with Gasteiger partial charge < -0.3 is 4.74 Å². The molecule has 5 nitrogen and oxygen atoms in total. The Morgan fingerprint density at radius 2 is 1.56 bits per heavy atom. The molecule has 48 heavy (non-hydrogen) atoms. The van der Waals surface area contributed by atoms with Crippen molar-refractivity contribution in [3.63, 3.8) is 0 Å². The van der Waals surface area contributed by atoms with Gasteiger partial charge >= 0.3 is 0 Å². The van der Waals surface area contributed by atoms with Gasteiger partial charge in [-0.3, -0.25) is 4.57 Å². The molecule has 0 atom stereocenters. The number of nitrogens with zero attached hydrogens (tertiary/aromatic N) is 4. The van der Waals surface area contributed by atoms with Gasteiger partial charge in [0.05, 0.1) is 22.4 Å². The summed E-state index contributed by atoms with van der Waals surface area (Å²) in [5.74, 6) is 3.11. The fourth-order valence-electron chi connectivity index (χ4n) is 6.92. The van der Waals surface area contributed by atoms with E-state index >= 15 is 0 Å². The molecule has 0 saturated carbocycles. The Bertz CT molecular complexity index is 2240. The summed E-state index contributed by atoms with van der Waals surface area (Å²) in [6.45, 7) is 13.1. The Labute approximate surface area is 283 Å². The molecule has 3 heterocycles. The molecular weight excluding hydrogens is 589 g/mol. The SMILES string of the molecule is CCCc1ccc2c(c1)c1ccc(Oc3cc(CCC(C)C)cc(-n4nc(C)c(-c5ccccc5)c4C)c3)cc1n2-c1cc(C)ccn1. The maximum atomic E-state index is 6.76. The third-order valence-corrected chi connectivity index (χ3v) is 9.27. The smallest absolute Gasteiger partial charge is 0.137 e. The Balaban J connectivity index is 1.34. The number of pyridine rings is 1. The Hall–Kier alpha value is -5.16. The van der Waals surface area contributed by atoms with Crippen LogP contribution in [0.3, 0.4) is 0 Å². The van der Waals surface area contributed by atoms with Crippen molar-refractivity contribution >= 4 is 21.8 Å². The number of aryl methyl sites for hydroxylation is 4. The average molecular weight is 633 g/mol. The summed E-state index contributed by atoms with van der Waals surface area (Å²) in [7, 11) is 0. The lowest BCUT2D eigenvalue weighted by molar-refractivity contribution is 0.481. The highest BCUT2D eigenvalue weighted by molar-refractivity contribution is 6.09. The molecule has 0 fully saturated rings. The minimum atomic E-state index is 0.605. The molecule has 0 saturated heterocycles. The molecule has 0 radical (unpaired) electrons. The van der Waals surface area contributed by atoms with Crippen molar-refractivity contribution in [2.45, 2.75) is 67.2 Å². The summed E-state index contributed by atoms with van der Waals surface area (Å²) in [6, 6.07) is 34.6. The summed E-state index contributed by atoms with van der Waals surface area (Å²) in [4.78, 5) is 4.80. The van der Waals surface area contributed by atoms with Crippen LogP contribution in [0, 0.1) is 26.7 Å². The van der Waals surface area contributed by atoms with E-state index in [0.717, 1.165) is 71.1 Å². The minimum Gasteiger partial charge on any atom is -0.457 e. The number of hydrogen-bond acceptors (Lipinski definition) is 3. The molecule has 5 heteroatoms. The Kier molecular flexibility index (Phi) is 8.62. The van der Waals surface area contributed by atoms with Gasteiger partial charge in [-0.2, -0.15) is 5.10 Å². The van der Waals surface area contributed by atoms with Crippen molar-refractivity contribution in [2.75, 3.05) is 0 Å². The van der Waals surface area contributed by atoms with Gasteiger partial charge in [-0.1, -0.05) is 63.6 Å². The zero-order valence-electron chi connectivity index (χ0n) is 28.9. The normalized spacial score (nSPS) is 11.6. The number of hydrogen-bond donors (Lipinski definition) is 0. The molecule has 7 rings (SSSR count). The van der Waals surface area contributed by atoms with E-state index in [-0.39, 0.29) is 0 Å². The molecule has 4 aromatic carbocycles. The molecule has 0 N–H and O–H groups in total. The van der Waals surface area contributed by atoms with E-state index in [1.54, 1.807) is 0 Å². The lowest BCUT2D eigenvalue weighted by atomic mass is 10.0. The molecule has 0 aliphatic heterocycles. The van der Waals surface area contributed by atoms with E-state index < -0.39 is 0 Å². The van der Waals surface area contributed by atoms with Crippen molar-refractivity contribution in [3.8, 4) is 34.1 Å². The van der Waals surface area contributed by atoms with Gasteiger partial charge in [0.2, 0.25) is 0 Å². The number of fused-ring (bicyclic) bond motifs is 3. The van der Waals surface area contributed by atoms with Crippen LogP contribution in [0.1, 0.15) is 61.7 Å². The highest BCUT2D eigenvalue weighted by Gasteiger charge is 2.18. The third-order valence-electron chi connectivity index (χ3n) is 9.27. The first-order valence-corrected chi connectivity index (χ1v) is 17.2. The highest BCUT2D eigenvalue weighted by atomic mass is 16.5. The van der Waals surface area contributed by atoms with Crippen molar-refractivity contribution in [2.24, 2.45) is 5.92 Å². The largest absolute Gasteiger partial charge is 0.457 e. The van der Waals surface area contributed by atoms with Gasteiger partial charge in [0.15, 0.2) is 0 Å². The second kappa shape index (κ2) is 13.2. The van der Waals surface area contributed by atoms with E-state index in [1.807, 2.05) is 12.3 Å². The predicted octanol–water partition coefficient (Wildman–Crippen LogP) is 11.3. The molecule has 0 aliphatic rings. The first kappa shape index (κ1) is 31.4. The maximum absolute atomic E-state index is 6.76. The molecule has 0 amide bonds. The van der Waals surface area contributed by atoms with Crippen molar-refractivity contribution in [1.29, 1.82) is 0 Å². The van der Waals surface area contributed by atoms with Crippen molar-refractivity contribution in [1.82, 2.24) is 19.3 Å². The van der Waals surface area contributed by atoms with Gasteiger partial charge in [-0.05, 0) is 117 Å². The lowest BCUT2D eigenvalue weighted by Crippen LogP contribution is -2.02. The monoisotopic (exact) mass is 632 g/mol. The number of benzene rings is 4. The lowest BCUT2D eigenvalue weighted by Gasteiger charge is -2.14. The van der Waals surface area contributed by atoms with E-state index in [4.69, 9.17) is 14.8 Å². The van der Waals surface area contributed by atoms with E-state index in [2.05, 4.69) is 142 Å². The van der Waals surface area contributed by atoms with Crippen LogP contribution in [0.15, 0.2) is 103 Å². The molecule has 0 unspecified atom stereocenters. The van der Waals surface area contributed by atoms with Crippen LogP contribution in [0.25, 0.3) is 44.4 Å². The van der Waals surface area contributed by atoms with E-state index in [9.17, 15) is 0 Å². The second-order valence-corrected chi connectivity index (χ2v) is 13.5. The van der Waals surface area contributed by atoms with E-state index in [0.29, 0.717) is 5.92 Å². The zero-order valence-corrected chi connectivity index (χ0v) is 28.9. The fourth-order valence-corrected chi connectivity index (χ4v) is 6.92. The van der Waals surface area contributed by atoms with Crippen LogP contribution in [-0.2, 0) is 12.8 Å². The Morgan fingerprint density at radius 3 is 2.33 bits per heavy atom. The van der Waals surface area contributed by atoms with Gasteiger partial charge in [0.25, 0.3) is 0 Å². The van der Waals surface area contributed by atoms with E-state index in [1.165, 1.54) is 38.6 Å². The Morgan fingerprint density at radius 1 is 0.729 bits per heavy atom. The standard InChI is InChI=1S/C43H44N4O/c1-7-11-32-16-19-40-39(25-32)38-18-17-36(27-41(38)46(40)42-22-29(4)20-21-44-42)48-37-24-33(15-14-28(2)3)23-35(26-37)47-31(6)43(30(5)45-47)34-12-9-8-10-13-34/h8-10,12-13,16-28H,7,11,14-15H2,1-6H3. The molecule has 0 aliphatic carbocycles. The molecule has 242 valence electrons. The number of rotatable bonds is 10. The van der Waals surface area contributed by atoms with Crippen molar-refractivity contribution in [3.05, 3.63) is 131 Å². The first-order valence-electron chi connectivity index (χ1n) is 17.2. The van der Waals surface area contributed by atoms with Crippen LogP contribution < -0.4 is 4.74 Å². The third kappa shape index (κ3) is 6.13. The maximum Gasteiger partial charge on any atom is 0.137 e. The highest BCUT2D eigenvalue weighted by Crippen LogP contribution is 2.37. The van der Waals surface area contributed by atoms with Crippen LogP contribution in [0.5, 0.6) is 11.5 Å². The molecule has 0 spiro atoms. The van der Waals surface area contributed by atoms with Gasteiger partial charge in [0.1, 0.15) is 17.3 Å². The van der Waals surface area contributed by atoms with Gasteiger partial charge in [-0.15, -0.1) is 0 Å². The number of ether oxygens (including phenoxy) is 1.